The van der Waals surface area contributed by atoms with Crippen LogP contribution in [0.3, 0.4) is 0 Å². The maximum Gasteiger partial charge on any atom is 0.200 e. The van der Waals surface area contributed by atoms with Gasteiger partial charge in [0.25, 0.3) is 0 Å². The summed E-state index contributed by atoms with van der Waals surface area (Å²) in [6, 6.07) is 0. The Kier molecular flexibility index (Phi) is 10.1. The van der Waals surface area contributed by atoms with Crippen molar-refractivity contribution in [3.8, 4) is 11.5 Å². The Morgan fingerprint density at radius 1 is 0.962 bits per heavy atom. The van der Waals surface area contributed by atoms with Gasteiger partial charge in [0, 0.05) is 12.3 Å². The molecule has 0 heterocycles. The van der Waals surface area contributed by atoms with Gasteiger partial charge in [0.2, 0.25) is 8.32 Å². The summed E-state index contributed by atoms with van der Waals surface area (Å²) in [6.45, 7) is 28.7. The molecule has 4 heteroatoms. The smallest absolute Gasteiger partial charge is 0.200 e. The van der Waals surface area contributed by atoms with E-state index in [9.17, 15) is 5.11 Å². The predicted octanol–water partition coefficient (Wildman–Crippen LogP) is 6.39. The Morgan fingerprint density at radius 3 is 1.69 bits per heavy atom. The molecule has 0 radical (unpaired) electrons. The first-order valence-electron chi connectivity index (χ1n) is 10.2. The molecule has 0 bridgehead atoms. The lowest BCUT2D eigenvalue weighted by Gasteiger charge is -2.46. The highest BCUT2D eigenvalue weighted by atomic mass is 28.4. The molecular weight excluding hydrogens is 352 g/mol. The summed E-state index contributed by atoms with van der Waals surface area (Å²) < 4.78 is 6.96. The second-order valence-corrected chi connectivity index (χ2v) is 20.0. The van der Waals surface area contributed by atoms with Crippen LogP contribution in [0, 0.1) is 17.4 Å². The van der Waals surface area contributed by atoms with E-state index in [1.54, 1.807) is 0 Å². The van der Waals surface area contributed by atoms with Crippen LogP contribution in [0.4, 0.5) is 0 Å². The lowest BCUT2D eigenvalue weighted by atomic mass is 9.93. The number of aliphatic hydroxyl groups excluding tert-OH is 1. The lowest BCUT2D eigenvalue weighted by molar-refractivity contribution is 0.00540. The zero-order valence-electron chi connectivity index (χ0n) is 19.2. The Bertz CT molecular complexity index is 485. The SMILES string of the molecule is C=C(C)[C@H](C)[C@H](O[Si](C(C)C)(C(C)C)C(C)C)[C@@H](O)CC#C[Si](C)(C)C. The van der Waals surface area contributed by atoms with Crippen LogP contribution in [0.2, 0.25) is 36.3 Å². The molecule has 0 rings (SSSR count). The number of hydrogen-bond acceptors (Lipinski definition) is 2. The standard InChI is InChI=1S/C22H44O2Si2/c1-16(2)20(9)22(21(23)14-13-15-25(10,11)12)24-26(17(3)4,18(5)6)19(7)8/h17-23H,1,14H2,2-12H3/t20-,21-,22-/m0/s1. The maximum absolute atomic E-state index is 11.0. The van der Waals surface area contributed by atoms with E-state index in [2.05, 4.69) is 86.2 Å². The van der Waals surface area contributed by atoms with E-state index in [0.717, 1.165) is 5.57 Å². The van der Waals surface area contributed by atoms with Gasteiger partial charge >= 0.3 is 0 Å². The first kappa shape index (κ1) is 25.7. The molecule has 0 aliphatic carbocycles. The van der Waals surface area contributed by atoms with Gasteiger partial charge in [0.1, 0.15) is 8.07 Å². The minimum absolute atomic E-state index is 0.113. The summed E-state index contributed by atoms with van der Waals surface area (Å²) in [7, 11) is -3.51. The highest BCUT2D eigenvalue weighted by Crippen LogP contribution is 2.44. The van der Waals surface area contributed by atoms with Crippen molar-refractivity contribution in [3.63, 3.8) is 0 Å². The second-order valence-electron chi connectivity index (χ2n) is 9.86. The van der Waals surface area contributed by atoms with E-state index in [0.29, 0.717) is 23.0 Å². The van der Waals surface area contributed by atoms with Gasteiger partial charge in [-0.15, -0.1) is 11.5 Å². The lowest BCUT2D eigenvalue weighted by Crippen LogP contribution is -2.54. The number of aliphatic hydroxyl groups is 1. The fourth-order valence-electron chi connectivity index (χ4n) is 3.98. The Balaban J connectivity index is 5.80. The maximum atomic E-state index is 11.0. The highest BCUT2D eigenvalue weighted by Gasteiger charge is 2.48. The molecule has 0 unspecified atom stereocenters. The first-order chi connectivity index (χ1) is 11.7. The van der Waals surface area contributed by atoms with Crippen molar-refractivity contribution < 1.29 is 9.53 Å². The third-order valence-electron chi connectivity index (χ3n) is 5.47. The third-order valence-corrected chi connectivity index (χ3v) is 12.5. The molecular formula is C22H44O2Si2. The Morgan fingerprint density at radius 2 is 1.38 bits per heavy atom. The predicted molar refractivity (Wildman–Crippen MR) is 122 cm³/mol. The molecule has 0 aromatic heterocycles. The summed E-state index contributed by atoms with van der Waals surface area (Å²) in [5.41, 5.74) is 5.90. The summed E-state index contributed by atoms with van der Waals surface area (Å²) in [5, 5.41) is 11.0. The molecule has 0 aliphatic rings. The van der Waals surface area contributed by atoms with Crippen molar-refractivity contribution in [2.24, 2.45) is 5.92 Å². The fraction of sp³-hybridized carbons (Fsp3) is 0.818. The average molecular weight is 397 g/mol. The monoisotopic (exact) mass is 396 g/mol. The van der Waals surface area contributed by atoms with Crippen molar-refractivity contribution in [1.82, 2.24) is 0 Å². The van der Waals surface area contributed by atoms with Crippen molar-refractivity contribution in [2.45, 2.75) is 110 Å². The molecule has 0 aromatic rings. The largest absolute Gasteiger partial charge is 0.410 e. The van der Waals surface area contributed by atoms with E-state index in [-0.39, 0.29) is 12.0 Å². The van der Waals surface area contributed by atoms with Crippen LogP contribution in [0.25, 0.3) is 0 Å². The van der Waals surface area contributed by atoms with Gasteiger partial charge in [0.05, 0.1) is 12.2 Å². The van der Waals surface area contributed by atoms with Crippen molar-refractivity contribution in [1.29, 1.82) is 0 Å². The van der Waals surface area contributed by atoms with Gasteiger partial charge in [-0.1, -0.05) is 80.3 Å². The summed E-state index contributed by atoms with van der Waals surface area (Å²) >= 11 is 0. The van der Waals surface area contributed by atoms with Crippen molar-refractivity contribution >= 4 is 16.4 Å². The number of hydrogen-bond donors (Lipinski definition) is 1. The Labute approximate surface area is 166 Å². The normalized spacial score (nSPS) is 16.4. The van der Waals surface area contributed by atoms with Crippen molar-refractivity contribution in [2.75, 3.05) is 0 Å². The quantitative estimate of drug-likeness (QED) is 0.278. The summed E-state index contributed by atoms with van der Waals surface area (Å²) in [4.78, 5) is 0. The minimum atomic E-state index is -2.08. The molecule has 0 saturated carbocycles. The highest BCUT2D eigenvalue weighted by molar-refractivity contribution is 6.83. The van der Waals surface area contributed by atoms with E-state index in [1.165, 1.54) is 0 Å². The second kappa shape index (κ2) is 10.3. The zero-order chi connectivity index (χ0) is 20.9. The topological polar surface area (TPSA) is 29.5 Å². The van der Waals surface area contributed by atoms with E-state index >= 15 is 0 Å². The van der Waals surface area contributed by atoms with Crippen LogP contribution in [0.15, 0.2) is 12.2 Å². The molecule has 0 spiro atoms. The van der Waals surface area contributed by atoms with Gasteiger partial charge in [-0.3, -0.25) is 0 Å². The van der Waals surface area contributed by atoms with Gasteiger partial charge in [0.15, 0.2) is 0 Å². The van der Waals surface area contributed by atoms with E-state index in [4.69, 9.17) is 4.43 Å². The van der Waals surface area contributed by atoms with Crippen LogP contribution in [-0.2, 0) is 4.43 Å². The van der Waals surface area contributed by atoms with Gasteiger partial charge in [-0.2, -0.15) is 0 Å². The molecule has 3 atom stereocenters. The molecule has 2 nitrogen and oxygen atoms in total. The molecule has 152 valence electrons. The third kappa shape index (κ3) is 7.00. The van der Waals surface area contributed by atoms with E-state index < -0.39 is 22.5 Å². The van der Waals surface area contributed by atoms with Crippen molar-refractivity contribution in [3.05, 3.63) is 12.2 Å². The first-order valence-corrected chi connectivity index (χ1v) is 15.8. The molecule has 1 N–H and O–H groups in total. The van der Waals surface area contributed by atoms with Gasteiger partial charge in [-0.05, 0) is 23.5 Å². The van der Waals surface area contributed by atoms with Crippen LogP contribution in [0.1, 0.15) is 61.8 Å². The van der Waals surface area contributed by atoms with Gasteiger partial charge in [-0.25, -0.2) is 0 Å². The fourth-order valence-corrected chi connectivity index (χ4v) is 10.3. The van der Waals surface area contributed by atoms with Gasteiger partial charge < -0.3 is 9.53 Å². The van der Waals surface area contributed by atoms with Crippen LogP contribution in [0.5, 0.6) is 0 Å². The molecule has 0 saturated heterocycles. The molecule has 0 fully saturated rings. The summed E-state index contributed by atoms with van der Waals surface area (Å²) in [5.74, 6) is 3.35. The Hall–Kier alpha value is -0.346. The molecule has 0 amide bonds. The summed E-state index contributed by atoms with van der Waals surface area (Å²) in [6.07, 6.45) is -0.332. The van der Waals surface area contributed by atoms with Crippen LogP contribution in [-0.4, -0.2) is 33.7 Å². The molecule has 0 aromatic carbocycles. The minimum Gasteiger partial charge on any atom is -0.410 e. The average Bonchev–Trinajstić information content (AvgIpc) is 2.44. The molecule has 26 heavy (non-hydrogen) atoms. The van der Waals surface area contributed by atoms with E-state index in [1.807, 2.05) is 6.92 Å². The van der Waals surface area contributed by atoms with Crippen LogP contribution >= 0.6 is 0 Å². The number of rotatable bonds is 9. The molecule has 0 aliphatic heterocycles. The van der Waals surface area contributed by atoms with Crippen LogP contribution < -0.4 is 0 Å². The zero-order valence-corrected chi connectivity index (χ0v) is 21.2.